The fraction of sp³-hybridized carbons (Fsp3) is 0.192. The van der Waals surface area contributed by atoms with Gasteiger partial charge in [-0.25, -0.2) is 0 Å². The van der Waals surface area contributed by atoms with E-state index in [4.69, 9.17) is 40.2 Å². The smallest absolute Gasteiger partial charge is 0.256 e. The van der Waals surface area contributed by atoms with E-state index in [1.165, 1.54) is 4.90 Å². The summed E-state index contributed by atoms with van der Waals surface area (Å²) < 4.78 is 5.44. The monoisotopic (exact) mass is 527 g/mol. The molecular formula is C26H23Cl2N3O3S. The molecule has 6 nitrogen and oxygen atoms in total. The van der Waals surface area contributed by atoms with Crippen molar-refractivity contribution in [2.45, 2.75) is 25.9 Å². The van der Waals surface area contributed by atoms with Crippen LogP contribution in [0, 0.1) is 0 Å². The van der Waals surface area contributed by atoms with Gasteiger partial charge < -0.3 is 15.0 Å². The number of thiocarbonyl (C=S) groups is 1. The predicted octanol–water partition coefficient (Wildman–Crippen LogP) is 5.92. The summed E-state index contributed by atoms with van der Waals surface area (Å²) in [5.41, 5.74) is 2.13. The maximum Gasteiger partial charge on any atom is 0.256 e. The Bertz CT molecular complexity index is 1220. The molecule has 1 heterocycles. The van der Waals surface area contributed by atoms with E-state index >= 15 is 0 Å². The lowest BCUT2D eigenvalue weighted by Gasteiger charge is -2.24. The molecule has 0 saturated carbocycles. The summed E-state index contributed by atoms with van der Waals surface area (Å²) in [4.78, 5) is 29.7. The molecule has 1 aliphatic heterocycles. The number of rotatable bonds is 8. The van der Waals surface area contributed by atoms with E-state index in [2.05, 4.69) is 5.32 Å². The summed E-state index contributed by atoms with van der Waals surface area (Å²) in [5.74, 6) is 0.150. The SMILES string of the molecule is CCOc1ccc(NC(=O)CC2C(=O)N(c3ccc(Cl)cc3)C(=S)N2Cc2ccc(Cl)cc2)cc1. The number of ether oxygens (including phenoxy) is 1. The molecule has 1 unspecified atom stereocenters. The van der Waals surface area contributed by atoms with E-state index < -0.39 is 6.04 Å². The van der Waals surface area contributed by atoms with Crippen LogP contribution in [0.15, 0.2) is 72.8 Å². The summed E-state index contributed by atoms with van der Waals surface area (Å²) in [6.07, 6.45) is -0.0656. The molecular weight excluding hydrogens is 505 g/mol. The second kappa shape index (κ2) is 11.1. The minimum Gasteiger partial charge on any atom is -0.494 e. The van der Waals surface area contributed by atoms with Crippen molar-refractivity contribution in [2.75, 3.05) is 16.8 Å². The van der Waals surface area contributed by atoms with E-state index in [-0.39, 0.29) is 18.2 Å². The summed E-state index contributed by atoms with van der Waals surface area (Å²) in [6, 6.07) is 20.5. The molecule has 1 atom stereocenters. The van der Waals surface area contributed by atoms with Crippen LogP contribution in [-0.2, 0) is 16.1 Å². The first-order valence-corrected chi connectivity index (χ1v) is 12.2. The highest BCUT2D eigenvalue weighted by Crippen LogP contribution is 2.30. The zero-order chi connectivity index (χ0) is 24.9. The van der Waals surface area contributed by atoms with Crippen molar-refractivity contribution in [2.24, 2.45) is 0 Å². The Kier molecular flexibility index (Phi) is 7.90. The first kappa shape index (κ1) is 25.0. The molecule has 1 fully saturated rings. The van der Waals surface area contributed by atoms with Crippen molar-refractivity contribution in [1.29, 1.82) is 0 Å². The number of nitrogens with one attached hydrogen (secondary N) is 1. The Morgan fingerprint density at radius 2 is 1.57 bits per heavy atom. The van der Waals surface area contributed by atoms with Crippen molar-refractivity contribution >= 4 is 63.7 Å². The van der Waals surface area contributed by atoms with E-state index in [1.54, 1.807) is 65.6 Å². The van der Waals surface area contributed by atoms with Crippen LogP contribution in [0.1, 0.15) is 18.9 Å². The molecule has 3 aromatic carbocycles. The molecule has 1 aliphatic rings. The average molecular weight is 528 g/mol. The summed E-state index contributed by atoms with van der Waals surface area (Å²) >= 11 is 17.8. The highest BCUT2D eigenvalue weighted by atomic mass is 35.5. The van der Waals surface area contributed by atoms with Crippen molar-refractivity contribution in [1.82, 2.24) is 4.90 Å². The summed E-state index contributed by atoms with van der Waals surface area (Å²) in [6.45, 7) is 2.82. The average Bonchev–Trinajstić information content (AvgIpc) is 3.06. The Morgan fingerprint density at radius 3 is 2.17 bits per heavy atom. The third-order valence-electron chi connectivity index (χ3n) is 5.50. The Labute approximate surface area is 219 Å². The van der Waals surface area contributed by atoms with Crippen LogP contribution in [0.25, 0.3) is 0 Å². The summed E-state index contributed by atoms with van der Waals surface area (Å²) in [5, 5.41) is 4.35. The van der Waals surface area contributed by atoms with Crippen LogP contribution in [0.3, 0.4) is 0 Å². The molecule has 2 amide bonds. The quantitative estimate of drug-likeness (QED) is 0.368. The number of carbonyl (C=O) groups excluding carboxylic acids is 2. The molecule has 4 rings (SSSR count). The number of amides is 2. The van der Waals surface area contributed by atoms with E-state index in [9.17, 15) is 9.59 Å². The van der Waals surface area contributed by atoms with Gasteiger partial charge in [0.15, 0.2) is 5.11 Å². The van der Waals surface area contributed by atoms with Crippen molar-refractivity contribution < 1.29 is 14.3 Å². The van der Waals surface area contributed by atoms with Gasteiger partial charge in [-0.05, 0) is 85.4 Å². The largest absolute Gasteiger partial charge is 0.494 e. The molecule has 1 N–H and O–H groups in total. The second-order valence-corrected chi connectivity index (χ2v) is 9.15. The number of hydrogen-bond donors (Lipinski definition) is 1. The van der Waals surface area contributed by atoms with Gasteiger partial charge in [0.25, 0.3) is 5.91 Å². The molecule has 9 heteroatoms. The molecule has 180 valence electrons. The minimum atomic E-state index is -0.767. The molecule has 0 bridgehead atoms. The Morgan fingerprint density at radius 1 is 0.971 bits per heavy atom. The van der Waals surface area contributed by atoms with E-state index in [0.717, 1.165) is 11.3 Å². The predicted molar refractivity (Wildman–Crippen MR) is 143 cm³/mol. The van der Waals surface area contributed by atoms with Gasteiger partial charge in [-0.3, -0.25) is 14.5 Å². The molecule has 35 heavy (non-hydrogen) atoms. The topological polar surface area (TPSA) is 61.9 Å². The number of nitrogens with zero attached hydrogens (tertiary/aromatic N) is 2. The van der Waals surface area contributed by atoms with Crippen molar-refractivity contribution in [3.8, 4) is 5.75 Å². The lowest BCUT2D eigenvalue weighted by molar-refractivity contribution is -0.124. The number of hydrogen-bond acceptors (Lipinski definition) is 4. The van der Waals surface area contributed by atoms with Crippen LogP contribution >= 0.6 is 35.4 Å². The van der Waals surface area contributed by atoms with E-state index in [0.29, 0.717) is 39.7 Å². The normalized spacial score (nSPS) is 15.5. The molecule has 0 spiro atoms. The highest BCUT2D eigenvalue weighted by Gasteiger charge is 2.44. The second-order valence-electron chi connectivity index (χ2n) is 7.91. The lowest BCUT2D eigenvalue weighted by atomic mass is 10.1. The lowest BCUT2D eigenvalue weighted by Crippen LogP contribution is -2.37. The minimum absolute atomic E-state index is 0.0656. The van der Waals surface area contributed by atoms with Gasteiger partial charge in [-0.15, -0.1) is 0 Å². The fourth-order valence-corrected chi connectivity index (χ4v) is 4.46. The number of halogens is 2. The van der Waals surface area contributed by atoms with Gasteiger partial charge in [-0.1, -0.05) is 35.3 Å². The van der Waals surface area contributed by atoms with Gasteiger partial charge >= 0.3 is 0 Å². The van der Waals surface area contributed by atoms with Crippen LogP contribution in [0.4, 0.5) is 11.4 Å². The molecule has 0 aliphatic carbocycles. The van der Waals surface area contributed by atoms with Crippen LogP contribution < -0.4 is 15.0 Å². The maximum absolute atomic E-state index is 13.5. The fourth-order valence-electron chi connectivity index (χ4n) is 3.82. The Balaban J connectivity index is 1.56. The molecule has 0 aromatic heterocycles. The van der Waals surface area contributed by atoms with Gasteiger partial charge in [0, 0.05) is 22.3 Å². The number of carbonyl (C=O) groups is 2. The molecule has 1 saturated heterocycles. The van der Waals surface area contributed by atoms with E-state index in [1.807, 2.05) is 19.1 Å². The van der Waals surface area contributed by atoms with Crippen LogP contribution in [0.5, 0.6) is 5.75 Å². The third-order valence-corrected chi connectivity index (χ3v) is 6.42. The standard InChI is InChI=1S/C26H23Cl2N3O3S/c1-2-34-22-13-9-20(10-14-22)29-24(32)15-23-25(33)31(21-11-7-19(28)8-12-21)26(35)30(23)16-17-3-5-18(27)6-4-17/h3-14,23H,2,15-16H2,1H3,(H,29,32). The number of anilines is 2. The summed E-state index contributed by atoms with van der Waals surface area (Å²) in [7, 11) is 0. The van der Waals surface area contributed by atoms with Gasteiger partial charge in [0.1, 0.15) is 11.8 Å². The number of benzene rings is 3. The highest BCUT2D eigenvalue weighted by molar-refractivity contribution is 7.80. The van der Waals surface area contributed by atoms with Gasteiger partial charge in [-0.2, -0.15) is 0 Å². The maximum atomic E-state index is 13.5. The van der Waals surface area contributed by atoms with Crippen LogP contribution in [-0.4, -0.2) is 34.5 Å². The third kappa shape index (κ3) is 5.93. The van der Waals surface area contributed by atoms with Crippen molar-refractivity contribution in [3.05, 3.63) is 88.4 Å². The first-order chi connectivity index (χ1) is 16.9. The first-order valence-electron chi connectivity index (χ1n) is 11.0. The zero-order valence-corrected chi connectivity index (χ0v) is 21.2. The molecule has 3 aromatic rings. The molecule has 0 radical (unpaired) electrons. The Hall–Kier alpha value is -3.13. The zero-order valence-electron chi connectivity index (χ0n) is 18.9. The van der Waals surface area contributed by atoms with Crippen molar-refractivity contribution in [3.63, 3.8) is 0 Å². The van der Waals surface area contributed by atoms with Crippen LogP contribution in [0.2, 0.25) is 10.0 Å². The van der Waals surface area contributed by atoms with Gasteiger partial charge in [0.05, 0.1) is 18.7 Å². The van der Waals surface area contributed by atoms with Gasteiger partial charge in [0.2, 0.25) is 5.91 Å².